The van der Waals surface area contributed by atoms with Crippen LogP contribution in [-0.2, 0) is 4.79 Å². The number of carboxylic acid groups (broad SMARTS) is 1. The lowest BCUT2D eigenvalue weighted by molar-refractivity contribution is -0.143. The van der Waals surface area contributed by atoms with Gasteiger partial charge >= 0.3 is 12.0 Å². The van der Waals surface area contributed by atoms with Crippen LogP contribution >= 0.6 is 0 Å². The molecule has 0 aromatic rings. The average molecular weight is 284 g/mol. The van der Waals surface area contributed by atoms with Crippen LogP contribution in [0.4, 0.5) is 4.79 Å². The van der Waals surface area contributed by atoms with Crippen LogP contribution in [0.15, 0.2) is 0 Å². The second kappa shape index (κ2) is 8.12. The molecule has 0 bridgehead atoms. The SMILES string of the molecule is CCCN(C(=O)NCC1CCC(C(=O)O)CC1)C(C)C. The lowest BCUT2D eigenvalue weighted by Crippen LogP contribution is -2.46. The van der Waals surface area contributed by atoms with E-state index in [1.807, 2.05) is 18.7 Å². The van der Waals surface area contributed by atoms with Crippen molar-refractivity contribution in [2.24, 2.45) is 11.8 Å². The third kappa shape index (κ3) is 5.02. The summed E-state index contributed by atoms with van der Waals surface area (Å²) in [5, 5.41) is 12.0. The zero-order chi connectivity index (χ0) is 15.1. The highest BCUT2D eigenvalue weighted by Crippen LogP contribution is 2.28. The normalized spacial score (nSPS) is 22.6. The zero-order valence-corrected chi connectivity index (χ0v) is 12.9. The van der Waals surface area contributed by atoms with Crippen LogP contribution in [0.25, 0.3) is 0 Å². The minimum atomic E-state index is -0.679. The number of amides is 2. The number of carbonyl (C=O) groups is 2. The number of aliphatic carboxylic acids is 1. The summed E-state index contributed by atoms with van der Waals surface area (Å²) < 4.78 is 0. The Balaban J connectivity index is 2.33. The van der Waals surface area contributed by atoms with E-state index in [0.29, 0.717) is 12.5 Å². The summed E-state index contributed by atoms with van der Waals surface area (Å²) in [7, 11) is 0. The summed E-state index contributed by atoms with van der Waals surface area (Å²) in [5.74, 6) is -0.444. The van der Waals surface area contributed by atoms with Crippen molar-refractivity contribution >= 4 is 12.0 Å². The van der Waals surface area contributed by atoms with Gasteiger partial charge < -0.3 is 15.3 Å². The molecule has 1 saturated carbocycles. The number of urea groups is 1. The number of hydrogen-bond donors (Lipinski definition) is 2. The first kappa shape index (κ1) is 16.8. The average Bonchev–Trinajstić information content (AvgIpc) is 2.42. The Kier molecular flexibility index (Phi) is 6.82. The fraction of sp³-hybridized carbons (Fsp3) is 0.867. The third-order valence-electron chi connectivity index (χ3n) is 4.09. The van der Waals surface area contributed by atoms with Gasteiger partial charge in [0.05, 0.1) is 5.92 Å². The highest BCUT2D eigenvalue weighted by molar-refractivity contribution is 5.74. The monoisotopic (exact) mass is 284 g/mol. The Morgan fingerprint density at radius 2 is 1.85 bits per heavy atom. The Hall–Kier alpha value is -1.26. The van der Waals surface area contributed by atoms with Gasteiger partial charge in [0.2, 0.25) is 0 Å². The maximum Gasteiger partial charge on any atom is 0.317 e. The van der Waals surface area contributed by atoms with Crippen LogP contribution in [0, 0.1) is 11.8 Å². The van der Waals surface area contributed by atoms with Crippen molar-refractivity contribution in [2.45, 2.75) is 58.9 Å². The Labute approximate surface area is 121 Å². The van der Waals surface area contributed by atoms with Gasteiger partial charge in [-0.05, 0) is 51.9 Å². The Morgan fingerprint density at radius 1 is 1.25 bits per heavy atom. The van der Waals surface area contributed by atoms with Crippen LogP contribution in [0.5, 0.6) is 0 Å². The molecule has 2 N–H and O–H groups in total. The molecule has 5 heteroatoms. The molecule has 1 aliphatic carbocycles. The predicted octanol–water partition coefficient (Wildman–Crippen LogP) is 2.71. The van der Waals surface area contributed by atoms with Crippen molar-refractivity contribution in [1.29, 1.82) is 0 Å². The molecule has 116 valence electrons. The Bertz CT molecular complexity index is 323. The van der Waals surface area contributed by atoms with Crippen LogP contribution in [0.1, 0.15) is 52.9 Å². The van der Waals surface area contributed by atoms with Crippen LogP contribution in [0.3, 0.4) is 0 Å². The van der Waals surface area contributed by atoms with E-state index in [-0.39, 0.29) is 18.0 Å². The quantitative estimate of drug-likeness (QED) is 0.788. The van der Waals surface area contributed by atoms with Gasteiger partial charge in [0.1, 0.15) is 0 Å². The molecular formula is C15H28N2O3. The highest BCUT2D eigenvalue weighted by atomic mass is 16.4. The lowest BCUT2D eigenvalue weighted by atomic mass is 9.82. The summed E-state index contributed by atoms with van der Waals surface area (Å²) in [6, 6.07) is 0.208. The molecule has 0 unspecified atom stereocenters. The van der Waals surface area contributed by atoms with Crippen molar-refractivity contribution < 1.29 is 14.7 Å². The summed E-state index contributed by atoms with van der Waals surface area (Å²) in [6.07, 6.45) is 4.21. The van der Waals surface area contributed by atoms with Gasteiger partial charge in [-0.25, -0.2) is 4.79 Å². The molecule has 0 aromatic carbocycles. The largest absolute Gasteiger partial charge is 0.481 e. The van der Waals surface area contributed by atoms with Crippen molar-refractivity contribution in [2.75, 3.05) is 13.1 Å². The smallest absolute Gasteiger partial charge is 0.317 e. The van der Waals surface area contributed by atoms with Gasteiger partial charge in [-0.15, -0.1) is 0 Å². The van der Waals surface area contributed by atoms with Crippen LogP contribution in [0.2, 0.25) is 0 Å². The number of hydrogen-bond acceptors (Lipinski definition) is 2. The molecule has 0 radical (unpaired) electrons. The molecule has 2 amide bonds. The minimum Gasteiger partial charge on any atom is -0.481 e. The number of rotatable bonds is 6. The number of carbonyl (C=O) groups excluding carboxylic acids is 1. The lowest BCUT2D eigenvalue weighted by Gasteiger charge is -2.29. The molecular weight excluding hydrogens is 256 g/mol. The van der Waals surface area contributed by atoms with Gasteiger partial charge in [0.25, 0.3) is 0 Å². The second-order valence-electron chi connectivity index (χ2n) is 6.03. The molecule has 0 aliphatic heterocycles. The van der Waals surface area contributed by atoms with Gasteiger partial charge in [-0.1, -0.05) is 6.92 Å². The first-order chi connectivity index (χ1) is 9.45. The first-order valence-electron chi connectivity index (χ1n) is 7.73. The molecule has 20 heavy (non-hydrogen) atoms. The number of carboxylic acids is 1. The Morgan fingerprint density at radius 3 is 2.30 bits per heavy atom. The zero-order valence-electron chi connectivity index (χ0n) is 12.9. The van der Waals surface area contributed by atoms with E-state index in [9.17, 15) is 9.59 Å². The van der Waals surface area contributed by atoms with Crippen molar-refractivity contribution in [3.05, 3.63) is 0 Å². The third-order valence-corrected chi connectivity index (χ3v) is 4.09. The summed E-state index contributed by atoms with van der Waals surface area (Å²) >= 11 is 0. The molecule has 1 rings (SSSR count). The molecule has 0 atom stereocenters. The highest BCUT2D eigenvalue weighted by Gasteiger charge is 2.26. The van der Waals surface area contributed by atoms with Gasteiger partial charge in [-0.3, -0.25) is 4.79 Å². The molecule has 0 spiro atoms. The fourth-order valence-electron chi connectivity index (χ4n) is 2.78. The van der Waals surface area contributed by atoms with E-state index in [1.165, 1.54) is 0 Å². The van der Waals surface area contributed by atoms with E-state index in [0.717, 1.165) is 38.6 Å². The first-order valence-corrected chi connectivity index (χ1v) is 7.73. The summed E-state index contributed by atoms with van der Waals surface area (Å²) in [5.41, 5.74) is 0. The molecule has 1 aliphatic rings. The van der Waals surface area contributed by atoms with E-state index in [1.54, 1.807) is 0 Å². The topological polar surface area (TPSA) is 69.6 Å². The van der Waals surface area contributed by atoms with E-state index in [2.05, 4.69) is 12.2 Å². The predicted molar refractivity (Wildman–Crippen MR) is 78.6 cm³/mol. The fourth-order valence-corrected chi connectivity index (χ4v) is 2.78. The summed E-state index contributed by atoms with van der Waals surface area (Å²) in [4.78, 5) is 24.8. The number of nitrogens with one attached hydrogen (secondary N) is 1. The molecule has 5 nitrogen and oxygen atoms in total. The summed E-state index contributed by atoms with van der Waals surface area (Å²) in [6.45, 7) is 7.55. The van der Waals surface area contributed by atoms with Gasteiger partial charge in [0.15, 0.2) is 0 Å². The van der Waals surface area contributed by atoms with Crippen LogP contribution in [-0.4, -0.2) is 41.1 Å². The maximum absolute atomic E-state index is 12.1. The van der Waals surface area contributed by atoms with Crippen molar-refractivity contribution in [3.8, 4) is 0 Å². The van der Waals surface area contributed by atoms with E-state index in [4.69, 9.17) is 5.11 Å². The molecule has 0 heterocycles. The maximum atomic E-state index is 12.1. The number of nitrogens with zero attached hydrogens (tertiary/aromatic N) is 1. The van der Waals surface area contributed by atoms with Crippen LogP contribution < -0.4 is 5.32 Å². The van der Waals surface area contributed by atoms with Crippen molar-refractivity contribution in [3.63, 3.8) is 0 Å². The van der Waals surface area contributed by atoms with E-state index < -0.39 is 5.97 Å². The van der Waals surface area contributed by atoms with Gasteiger partial charge in [-0.2, -0.15) is 0 Å². The minimum absolute atomic E-state index is 0.00204. The van der Waals surface area contributed by atoms with Crippen molar-refractivity contribution in [1.82, 2.24) is 10.2 Å². The van der Waals surface area contributed by atoms with Gasteiger partial charge in [0, 0.05) is 19.1 Å². The molecule has 0 saturated heterocycles. The standard InChI is InChI=1S/C15H28N2O3/c1-4-9-17(11(2)3)15(20)16-10-12-5-7-13(8-6-12)14(18)19/h11-13H,4-10H2,1-3H3,(H,16,20)(H,18,19). The van der Waals surface area contributed by atoms with E-state index >= 15 is 0 Å². The molecule has 0 aromatic heterocycles. The second-order valence-corrected chi connectivity index (χ2v) is 6.03. The molecule has 1 fully saturated rings.